The summed E-state index contributed by atoms with van der Waals surface area (Å²) in [6.45, 7) is 8.00. The van der Waals surface area contributed by atoms with Gasteiger partial charge in [-0.15, -0.1) is 0 Å². The van der Waals surface area contributed by atoms with E-state index in [4.69, 9.17) is 0 Å². The van der Waals surface area contributed by atoms with Crippen molar-refractivity contribution >= 4 is 17.0 Å². The molecule has 1 aromatic heterocycles. The van der Waals surface area contributed by atoms with Crippen LogP contribution in [0.3, 0.4) is 0 Å². The van der Waals surface area contributed by atoms with Gasteiger partial charge in [0.1, 0.15) is 0 Å². The van der Waals surface area contributed by atoms with Gasteiger partial charge in [-0.3, -0.25) is 0 Å². The lowest BCUT2D eigenvalue weighted by Crippen LogP contribution is -1.88. The van der Waals surface area contributed by atoms with E-state index in [1.54, 1.807) is 0 Å². The fraction of sp³-hybridized carbons (Fsp3) is 0.417. The average Bonchev–Trinajstić information content (AvgIpc) is 2.77. The molecule has 0 spiro atoms. The van der Waals surface area contributed by atoms with E-state index in [1.807, 2.05) is 59.0 Å². The predicted molar refractivity (Wildman–Crippen MR) is 68.3 cm³/mol. The van der Waals surface area contributed by atoms with E-state index in [-0.39, 0.29) is 0 Å². The van der Waals surface area contributed by atoms with Crippen LogP contribution in [0, 0.1) is 0 Å². The molecule has 0 amide bonds. The molecule has 0 atom stereocenters. The van der Waals surface area contributed by atoms with Crippen molar-refractivity contribution in [1.82, 2.24) is 9.97 Å². The molecule has 0 aliphatic rings. The van der Waals surface area contributed by atoms with Crippen molar-refractivity contribution in [1.29, 1.82) is 0 Å². The van der Waals surface area contributed by atoms with Gasteiger partial charge in [-0.05, 0) is 12.1 Å². The number of anilines is 1. The summed E-state index contributed by atoms with van der Waals surface area (Å²) in [5, 5.41) is 2.95. The molecular formula is C12H21N3. The number of H-pyrrole nitrogens is 1. The third-order valence-corrected chi connectivity index (χ3v) is 1.63. The fourth-order valence-electron chi connectivity index (χ4n) is 1.07. The Bertz CT molecular complexity index is 333. The highest BCUT2D eigenvalue weighted by Gasteiger charge is 1.96. The molecule has 0 radical (unpaired) electrons. The Morgan fingerprint density at radius 2 is 1.67 bits per heavy atom. The number of aromatic nitrogens is 2. The second kappa shape index (κ2) is 7.85. The molecule has 0 saturated heterocycles. The Labute approximate surface area is 91.9 Å². The van der Waals surface area contributed by atoms with Crippen molar-refractivity contribution in [3.05, 3.63) is 24.3 Å². The van der Waals surface area contributed by atoms with Crippen LogP contribution in [0.4, 0.5) is 5.95 Å². The summed E-state index contributed by atoms with van der Waals surface area (Å²) in [6.07, 6.45) is 0. The standard InChI is InChI=1S/C8H9N3.2C2H6/c1-9-8-10-6-4-2-3-5-7(6)11-8;2*1-2/h2-5H,1H3,(H2,9,10,11);2*1-2H3. The van der Waals surface area contributed by atoms with E-state index in [0.29, 0.717) is 0 Å². The van der Waals surface area contributed by atoms with E-state index in [9.17, 15) is 0 Å². The number of imidazole rings is 1. The number of rotatable bonds is 1. The predicted octanol–water partition coefficient (Wildman–Crippen LogP) is 3.66. The van der Waals surface area contributed by atoms with Gasteiger partial charge in [0.15, 0.2) is 0 Å². The molecule has 0 aliphatic heterocycles. The highest BCUT2D eigenvalue weighted by Crippen LogP contribution is 2.11. The zero-order chi connectivity index (χ0) is 11.7. The van der Waals surface area contributed by atoms with Crippen LogP contribution in [0.5, 0.6) is 0 Å². The molecule has 0 bridgehead atoms. The first-order valence-electron chi connectivity index (χ1n) is 5.52. The van der Waals surface area contributed by atoms with Crippen LogP contribution in [0.2, 0.25) is 0 Å². The Kier molecular flexibility index (Phi) is 7.06. The van der Waals surface area contributed by atoms with Gasteiger partial charge in [0.25, 0.3) is 0 Å². The molecule has 1 aromatic carbocycles. The molecule has 3 heteroatoms. The number of nitrogens with zero attached hydrogens (tertiary/aromatic N) is 1. The zero-order valence-electron chi connectivity index (χ0n) is 10.3. The molecule has 2 aromatic rings. The van der Waals surface area contributed by atoms with E-state index in [1.165, 1.54) is 0 Å². The van der Waals surface area contributed by atoms with Crippen molar-refractivity contribution in [2.45, 2.75) is 27.7 Å². The number of hydrogen-bond acceptors (Lipinski definition) is 2. The number of aromatic amines is 1. The van der Waals surface area contributed by atoms with Gasteiger partial charge in [0.2, 0.25) is 5.95 Å². The maximum Gasteiger partial charge on any atom is 0.200 e. The number of para-hydroxylation sites is 2. The van der Waals surface area contributed by atoms with Gasteiger partial charge in [0, 0.05) is 7.05 Å². The Morgan fingerprint density at radius 3 is 2.20 bits per heavy atom. The number of benzene rings is 1. The largest absolute Gasteiger partial charge is 0.359 e. The van der Waals surface area contributed by atoms with Gasteiger partial charge in [-0.2, -0.15) is 0 Å². The topological polar surface area (TPSA) is 40.7 Å². The van der Waals surface area contributed by atoms with Gasteiger partial charge < -0.3 is 10.3 Å². The van der Waals surface area contributed by atoms with Crippen molar-refractivity contribution < 1.29 is 0 Å². The highest BCUT2D eigenvalue weighted by molar-refractivity contribution is 5.77. The molecule has 2 N–H and O–H groups in total. The van der Waals surface area contributed by atoms with Crippen molar-refractivity contribution in [3.8, 4) is 0 Å². The Morgan fingerprint density at radius 1 is 1.07 bits per heavy atom. The molecule has 3 nitrogen and oxygen atoms in total. The van der Waals surface area contributed by atoms with Crippen LogP contribution in [-0.4, -0.2) is 17.0 Å². The van der Waals surface area contributed by atoms with E-state index < -0.39 is 0 Å². The van der Waals surface area contributed by atoms with Gasteiger partial charge in [-0.25, -0.2) is 4.98 Å². The summed E-state index contributed by atoms with van der Waals surface area (Å²) in [4.78, 5) is 7.39. The van der Waals surface area contributed by atoms with Crippen LogP contribution in [-0.2, 0) is 0 Å². The van der Waals surface area contributed by atoms with Crippen LogP contribution in [0.15, 0.2) is 24.3 Å². The van der Waals surface area contributed by atoms with E-state index >= 15 is 0 Å². The summed E-state index contributed by atoms with van der Waals surface area (Å²) in [7, 11) is 1.84. The summed E-state index contributed by atoms with van der Waals surface area (Å²) < 4.78 is 0. The maximum absolute atomic E-state index is 4.26. The first kappa shape index (κ1) is 13.5. The molecule has 15 heavy (non-hydrogen) atoms. The molecule has 0 saturated carbocycles. The molecule has 0 unspecified atom stereocenters. The number of fused-ring (bicyclic) bond motifs is 1. The zero-order valence-corrected chi connectivity index (χ0v) is 10.3. The van der Waals surface area contributed by atoms with Crippen LogP contribution < -0.4 is 5.32 Å². The number of hydrogen-bond donors (Lipinski definition) is 2. The lowest BCUT2D eigenvalue weighted by atomic mass is 10.3. The van der Waals surface area contributed by atoms with Gasteiger partial charge in [0.05, 0.1) is 11.0 Å². The maximum atomic E-state index is 4.26. The second-order valence-electron chi connectivity index (χ2n) is 2.35. The van der Waals surface area contributed by atoms with Gasteiger partial charge in [-0.1, -0.05) is 39.8 Å². The molecular weight excluding hydrogens is 186 g/mol. The van der Waals surface area contributed by atoms with Crippen molar-refractivity contribution in [3.63, 3.8) is 0 Å². The average molecular weight is 207 g/mol. The molecule has 0 aliphatic carbocycles. The summed E-state index contributed by atoms with van der Waals surface area (Å²) in [6, 6.07) is 7.94. The first-order valence-corrected chi connectivity index (χ1v) is 5.52. The minimum atomic E-state index is 0.811. The van der Waals surface area contributed by atoms with E-state index in [2.05, 4.69) is 15.3 Å². The fourth-order valence-corrected chi connectivity index (χ4v) is 1.07. The minimum absolute atomic E-state index is 0.811. The monoisotopic (exact) mass is 207 g/mol. The van der Waals surface area contributed by atoms with Gasteiger partial charge >= 0.3 is 0 Å². The Balaban J connectivity index is 0.000000442. The minimum Gasteiger partial charge on any atom is -0.359 e. The van der Waals surface area contributed by atoms with Crippen molar-refractivity contribution in [2.24, 2.45) is 0 Å². The third kappa shape index (κ3) is 3.62. The quantitative estimate of drug-likeness (QED) is 0.749. The van der Waals surface area contributed by atoms with Crippen LogP contribution >= 0.6 is 0 Å². The summed E-state index contributed by atoms with van der Waals surface area (Å²) in [5.74, 6) is 0.811. The lowest BCUT2D eigenvalue weighted by Gasteiger charge is -1.86. The van der Waals surface area contributed by atoms with E-state index in [0.717, 1.165) is 17.0 Å². The van der Waals surface area contributed by atoms with Crippen LogP contribution in [0.25, 0.3) is 11.0 Å². The summed E-state index contributed by atoms with van der Waals surface area (Å²) in [5.41, 5.74) is 2.06. The third-order valence-electron chi connectivity index (χ3n) is 1.63. The SMILES string of the molecule is CC.CC.CNc1nc2ccccc2[nH]1. The lowest BCUT2D eigenvalue weighted by molar-refractivity contribution is 1.28. The number of nitrogens with one attached hydrogen (secondary N) is 2. The first-order chi connectivity index (χ1) is 7.40. The van der Waals surface area contributed by atoms with Crippen molar-refractivity contribution in [2.75, 3.05) is 12.4 Å². The normalized spacial score (nSPS) is 8.33. The molecule has 84 valence electrons. The molecule has 0 fully saturated rings. The summed E-state index contributed by atoms with van der Waals surface area (Å²) >= 11 is 0. The smallest absolute Gasteiger partial charge is 0.200 e. The second-order valence-corrected chi connectivity index (χ2v) is 2.35. The molecule has 1 heterocycles. The highest BCUT2D eigenvalue weighted by atomic mass is 15.1. The molecule has 2 rings (SSSR count). The van der Waals surface area contributed by atoms with Crippen LogP contribution in [0.1, 0.15) is 27.7 Å². The Hall–Kier alpha value is -1.51.